The normalized spacial score (nSPS) is 19.5. The summed E-state index contributed by atoms with van der Waals surface area (Å²) in [7, 11) is 0. The molecular formula is C36H50N8O6S. The number of aliphatic hydroxyl groups excluding tert-OH is 1. The lowest BCUT2D eigenvalue weighted by Crippen LogP contribution is -2.65. The van der Waals surface area contributed by atoms with Crippen LogP contribution in [0.25, 0.3) is 21.7 Å². The predicted octanol–water partition coefficient (Wildman–Crippen LogP) is 3.54. The van der Waals surface area contributed by atoms with Crippen molar-refractivity contribution in [3.63, 3.8) is 0 Å². The number of urea groups is 1. The fourth-order valence-electron chi connectivity index (χ4n) is 5.98. The van der Waals surface area contributed by atoms with Gasteiger partial charge in [0.1, 0.15) is 22.5 Å². The molecule has 0 radical (unpaired) electrons. The van der Waals surface area contributed by atoms with Gasteiger partial charge in [0, 0.05) is 30.7 Å². The molecule has 51 heavy (non-hydrogen) atoms. The number of rotatable bonds is 12. The highest BCUT2D eigenvalue weighted by Crippen LogP contribution is 2.32. The topological polar surface area (TPSA) is 188 Å². The zero-order valence-electron chi connectivity index (χ0n) is 30.4. The number of carbonyl (C=O) groups excluding carboxylic acids is 4. The van der Waals surface area contributed by atoms with Crippen molar-refractivity contribution < 1.29 is 29.0 Å². The van der Waals surface area contributed by atoms with E-state index in [1.165, 1.54) is 11.3 Å². The zero-order chi connectivity index (χ0) is 37.1. The second-order valence-electron chi connectivity index (χ2n) is 15.4. The number of pyridine rings is 1. The van der Waals surface area contributed by atoms with E-state index in [9.17, 15) is 24.3 Å². The summed E-state index contributed by atoms with van der Waals surface area (Å²) in [5.74, 6) is -1.20. The third kappa shape index (κ3) is 9.57. The van der Waals surface area contributed by atoms with Crippen molar-refractivity contribution in [2.45, 2.75) is 122 Å². The average molecular weight is 723 g/mol. The van der Waals surface area contributed by atoms with Crippen LogP contribution in [-0.4, -0.2) is 97.2 Å². The quantitative estimate of drug-likeness (QED) is 0.185. The molecule has 0 spiro atoms. The van der Waals surface area contributed by atoms with Crippen molar-refractivity contribution in [3.8, 4) is 17.4 Å². The minimum atomic E-state index is -1.67. The molecule has 5 N–H and O–H groups in total. The summed E-state index contributed by atoms with van der Waals surface area (Å²) in [5.41, 5.74) is -0.140. The Morgan fingerprint density at radius 3 is 2.47 bits per heavy atom. The van der Waals surface area contributed by atoms with Crippen LogP contribution in [0, 0.1) is 5.41 Å². The Balaban J connectivity index is 1.43. The molecular weight excluding hydrogens is 673 g/mol. The van der Waals surface area contributed by atoms with Crippen LogP contribution in [0.5, 0.6) is 5.88 Å². The molecule has 1 saturated heterocycles. The van der Waals surface area contributed by atoms with Crippen molar-refractivity contribution >= 4 is 45.3 Å². The maximum absolute atomic E-state index is 14.7. The molecule has 1 unspecified atom stereocenters. The SMILES string of the molecule is CCC[C@@H](C(O)C(=O)NC1CC1)N(C(=O)[C@@H]1C[C@@H](Oc2nc(-c3ccccn3)nc3ccsc23)CN1)C(=O)[C@@H](NC(=O)NC(C)(C)C)C(C)(C)C. The maximum atomic E-state index is 14.7. The molecule has 0 aromatic carbocycles. The van der Waals surface area contributed by atoms with Gasteiger partial charge in [0.25, 0.3) is 11.8 Å². The van der Waals surface area contributed by atoms with Gasteiger partial charge >= 0.3 is 6.03 Å². The van der Waals surface area contributed by atoms with Crippen LogP contribution in [0.2, 0.25) is 0 Å². The summed E-state index contributed by atoms with van der Waals surface area (Å²) in [5, 5.41) is 25.0. The van der Waals surface area contributed by atoms with E-state index in [1.54, 1.807) is 27.0 Å². The Kier molecular flexibility index (Phi) is 11.6. The molecule has 2 aliphatic rings. The van der Waals surface area contributed by atoms with Gasteiger partial charge in [-0.2, -0.15) is 4.98 Å². The fourth-order valence-corrected chi connectivity index (χ4v) is 6.74. The van der Waals surface area contributed by atoms with E-state index in [4.69, 9.17) is 4.74 Å². The molecule has 1 aliphatic carbocycles. The first-order chi connectivity index (χ1) is 24.1. The Labute approximate surface area is 302 Å². The number of carbonyl (C=O) groups is 4. The van der Waals surface area contributed by atoms with E-state index < -0.39 is 65.0 Å². The summed E-state index contributed by atoms with van der Waals surface area (Å²) >= 11 is 1.44. The predicted molar refractivity (Wildman–Crippen MR) is 194 cm³/mol. The average Bonchev–Trinajstić information content (AvgIpc) is 3.53. The smallest absolute Gasteiger partial charge is 0.315 e. The van der Waals surface area contributed by atoms with E-state index in [0.717, 1.165) is 22.4 Å². The number of aromatic nitrogens is 3. The van der Waals surface area contributed by atoms with Gasteiger partial charge in [-0.05, 0) is 69.0 Å². The van der Waals surface area contributed by atoms with Crippen molar-refractivity contribution in [1.82, 2.24) is 41.1 Å². The second kappa shape index (κ2) is 15.6. The number of hydrogen-bond donors (Lipinski definition) is 5. The summed E-state index contributed by atoms with van der Waals surface area (Å²) < 4.78 is 7.16. The molecule has 5 atom stereocenters. The van der Waals surface area contributed by atoms with Gasteiger partial charge in [0.2, 0.25) is 11.8 Å². The lowest BCUT2D eigenvalue weighted by Gasteiger charge is -2.40. The molecule has 1 aliphatic heterocycles. The standard InChI is InChI=1S/C36H50N8O6S/c1-8-11-25(26(45)30(46)39-20-13-14-20)44(33(48)28(35(2,3)4)41-34(49)43-36(5,6)7)32(47)24-18-21(19-38-24)50-31-27-22(15-17-51-27)40-29(42-31)23-12-9-10-16-37-23/h9-10,12,15-17,20-21,24-26,28,38,45H,8,11,13-14,18-19H2,1-7H3,(H,39,46)(H2,41,43,49)/t21-,24+,25+,26?,28-/m1/s1. The summed E-state index contributed by atoms with van der Waals surface area (Å²) in [4.78, 5) is 70.3. The van der Waals surface area contributed by atoms with Gasteiger partial charge in [-0.3, -0.25) is 24.3 Å². The Bertz CT molecular complexity index is 1720. The molecule has 5 rings (SSSR count). The number of nitrogens with one attached hydrogen (secondary N) is 4. The number of imide groups is 1. The van der Waals surface area contributed by atoms with E-state index in [2.05, 4.69) is 36.2 Å². The first kappa shape index (κ1) is 38.0. The first-order valence-corrected chi connectivity index (χ1v) is 18.4. The van der Waals surface area contributed by atoms with Crippen LogP contribution in [0.15, 0.2) is 35.8 Å². The minimum absolute atomic E-state index is 0.0384. The highest BCUT2D eigenvalue weighted by molar-refractivity contribution is 7.17. The number of nitrogens with zero attached hydrogens (tertiary/aromatic N) is 4. The second-order valence-corrected chi connectivity index (χ2v) is 16.3. The number of fused-ring (bicyclic) bond motifs is 1. The largest absolute Gasteiger partial charge is 0.472 e. The van der Waals surface area contributed by atoms with Gasteiger partial charge in [-0.25, -0.2) is 9.78 Å². The van der Waals surface area contributed by atoms with Gasteiger partial charge in [-0.1, -0.05) is 40.2 Å². The van der Waals surface area contributed by atoms with Gasteiger partial charge in [0.05, 0.1) is 17.6 Å². The third-order valence-electron chi connectivity index (χ3n) is 8.66. The first-order valence-electron chi connectivity index (χ1n) is 17.6. The molecule has 276 valence electrons. The molecule has 2 fully saturated rings. The number of aliphatic hydroxyl groups is 1. The Hall–Kier alpha value is -4.21. The van der Waals surface area contributed by atoms with Gasteiger partial charge < -0.3 is 31.1 Å². The molecule has 5 amide bonds. The monoisotopic (exact) mass is 722 g/mol. The van der Waals surface area contributed by atoms with Crippen LogP contribution in [-0.2, 0) is 14.4 Å². The van der Waals surface area contributed by atoms with Gasteiger partial charge in [-0.15, -0.1) is 11.3 Å². The van der Waals surface area contributed by atoms with Crippen molar-refractivity contribution in [2.75, 3.05) is 6.54 Å². The van der Waals surface area contributed by atoms with Gasteiger partial charge in [0.15, 0.2) is 11.9 Å². The molecule has 3 aromatic heterocycles. The molecule has 15 heteroatoms. The number of hydrogen-bond acceptors (Lipinski definition) is 11. The summed E-state index contributed by atoms with van der Waals surface area (Å²) in [6, 6.07) is 3.49. The van der Waals surface area contributed by atoms with E-state index in [0.29, 0.717) is 29.3 Å². The van der Waals surface area contributed by atoms with E-state index in [1.807, 2.05) is 57.3 Å². The number of thiophene rings is 1. The molecule has 3 aromatic rings. The van der Waals surface area contributed by atoms with Crippen molar-refractivity contribution in [2.24, 2.45) is 5.41 Å². The van der Waals surface area contributed by atoms with Crippen molar-refractivity contribution in [1.29, 1.82) is 0 Å². The highest BCUT2D eigenvalue weighted by atomic mass is 32.1. The van der Waals surface area contributed by atoms with Crippen LogP contribution >= 0.6 is 11.3 Å². The molecule has 1 saturated carbocycles. The molecule has 14 nitrogen and oxygen atoms in total. The molecule has 4 heterocycles. The van der Waals surface area contributed by atoms with E-state index >= 15 is 0 Å². The fraction of sp³-hybridized carbons (Fsp3) is 0.583. The summed E-state index contributed by atoms with van der Waals surface area (Å²) in [6.07, 6.45) is 1.92. The maximum Gasteiger partial charge on any atom is 0.315 e. The lowest BCUT2D eigenvalue weighted by molar-refractivity contribution is -0.156. The van der Waals surface area contributed by atoms with Crippen molar-refractivity contribution in [3.05, 3.63) is 35.8 Å². The van der Waals surface area contributed by atoms with Crippen LogP contribution in [0.3, 0.4) is 0 Å². The number of amides is 5. The summed E-state index contributed by atoms with van der Waals surface area (Å²) in [6.45, 7) is 12.9. The Morgan fingerprint density at radius 2 is 1.84 bits per heavy atom. The van der Waals surface area contributed by atoms with E-state index in [-0.39, 0.29) is 25.4 Å². The minimum Gasteiger partial charge on any atom is -0.472 e. The van der Waals surface area contributed by atoms with Crippen LogP contribution in [0.1, 0.15) is 80.6 Å². The van der Waals surface area contributed by atoms with Crippen LogP contribution < -0.4 is 26.0 Å². The third-order valence-corrected chi connectivity index (χ3v) is 9.55. The highest BCUT2D eigenvalue weighted by Gasteiger charge is 2.47. The lowest BCUT2D eigenvalue weighted by atomic mass is 9.85. The molecule has 0 bridgehead atoms. The Morgan fingerprint density at radius 1 is 1.10 bits per heavy atom. The number of ether oxygens (including phenoxy) is 1. The zero-order valence-corrected chi connectivity index (χ0v) is 31.2. The van der Waals surface area contributed by atoms with Crippen LogP contribution in [0.4, 0.5) is 4.79 Å².